The predicted octanol–water partition coefficient (Wildman–Crippen LogP) is 15.2. The van der Waals surface area contributed by atoms with Crippen molar-refractivity contribution in [3.8, 4) is 39.7 Å². The molecule has 0 fully saturated rings. The Morgan fingerprint density at radius 2 is 0.968 bits per heavy atom. The number of thiophene rings is 2. The first-order chi connectivity index (χ1) is 30.7. The van der Waals surface area contributed by atoms with Crippen molar-refractivity contribution in [3.05, 3.63) is 187 Å². The molecular formula is C54H28N6S2. The molecule has 0 unspecified atom stereocenters. The van der Waals surface area contributed by atoms with Gasteiger partial charge >= 0.3 is 0 Å². The summed E-state index contributed by atoms with van der Waals surface area (Å²) in [7, 11) is 0. The van der Waals surface area contributed by atoms with E-state index in [4.69, 9.17) is 0 Å². The van der Waals surface area contributed by atoms with Crippen LogP contribution in [0.4, 0.5) is 5.69 Å². The van der Waals surface area contributed by atoms with Crippen LogP contribution in [-0.2, 0) is 0 Å². The van der Waals surface area contributed by atoms with Gasteiger partial charge in [-0.2, -0.15) is 5.26 Å². The zero-order valence-electron chi connectivity index (χ0n) is 32.7. The molecule has 0 radical (unpaired) electrons. The molecular weight excluding hydrogens is 797 g/mol. The number of hydrogen-bond acceptors (Lipinski definition) is 5. The van der Waals surface area contributed by atoms with Gasteiger partial charge in [0.1, 0.15) is 6.07 Å². The van der Waals surface area contributed by atoms with Crippen LogP contribution in [0.25, 0.3) is 122 Å². The molecule has 6 nitrogen and oxygen atoms in total. The van der Waals surface area contributed by atoms with E-state index < -0.39 is 0 Å². The van der Waals surface area contributed by atoms with E-state index in [1.54, 1.807) is 22.7 Å². The predicted molar refractivity (Wildman–Crippen MR) is 258 cm³/mol. The molecule has 6 aromatic heterocycles. The van der Waals surface area contributed by atoms with E-state index >= 15 is 0 Å². The molecule has 0 bridgehead atoms. The zero-order valence-corrected chi connectivity index (χ0v) is 34.3. The van der Waals surface area contributed by atoms with Crippen molar-refractivity contribution in [2.75, 3.05) is 0 Å². The molecule has 62 heavy (non-hydrogen) atoms. The summed E-state index contributed by atoms with van der Waals surface area (Å²) in [5.41, 5.74) is 8.95. The number of aromatic nitrogens is 4. The molecule has 8 heteroatoms. The first-order valence-corrected chi connectivity index (χ1v) is 21.9. The van der Waals surface area contributed by atoms with Gasteiger partial charge in [-0.05, 0) is 35.4 Å². The largest absolute Gasteiger partial charge is 0.316 e. The summed E-state index contributed by atoms with van der Waals surface area (Å²) in [6, 6.07) is 53.2. The van der Waals surface area contributed by atoms with Crippen molar-refractivity contribution in [2.24, 2.45) is 0 Å². The molecule has 0 N–H and O–H groups in total. The standard InChI is InChI=1S/C54H28N6S2/c1-56-48-46(31-12-4-2-5-13-31)41(28-55)49(59-42-29-57-26-24-33(42)34-25-27-58-30-43(34)59)47(32-14-6-3-7-15-32)52(48)60-50-37(20-22-39-35-16-8-10-18-44(35)61-53(39)50)38-21-23-40-36-17-9-11-19-45(36)62-54(40)51(38)60/h2-27,29-30H. The van der Waals surface area contributed by atoms with E-state index in [1.165, 1.54) is 20.2 Å². The number of hydrogen-bond donors (Lipinski definition) is 0. The van der Waals surface area contributed by atoms with Gasteiger partial charge in [0.15, 0.2) is 0 Å². The Morgan fingerprint density at radius 1 is 0.484 bits per heavy atom. The van der Waals surface area contributed by atoms with Crippen LogP contribution in [0.5, 0.6) is 0 Å². The smallest absolute Gasteiger partial charge is 0.220 e. The maximum absolute atomic E-state index is 11.7. The molecule has 7 aromatic carbocycles. The first-order valence-electron chi connectivity index (χ1n) is 20.2. The van der Waals surface area contributed by atoms with Gasteiger partial charge in [-0.15, -0.1) is 22.7 Å². The van der Waals surface area contributed by atoms with Gasteiger partial charge in [0, 0.05) is 76.0 Å². The average Bonchev–Trinajstić information content (AvgIpc) is 4.09. The highest BCUT2D eigenvalue weighted by Gasteiger charge is 2.33. The SMILES string of the molecule is [C-]#[N+]c1c(-c2ccccc2)c(C#N)c(-n2c3cnccc3c3ccncc32)c(-c2ccccc2)c1-n1c2c(ccc3c4ccccc4sc32)c2ccc3c4ccccc4sc3c21. The number of nitriles is 1. The van der Waals surface area contributed by atoms with Crippen molar-refractivity contribution in [1.82, 2.24) is 19.1 Å². The zero-order chi connectivity index (χ0) is 41.1. The van der Waals surface area contributed by atoms with E-state index in [-0.39, 0.29) is 0 Å². The highest BCUT2D eigenvalue weighted by Crippen LogP contribution is 2.54. The lowest BCUT2D eigenvalue weighted by Crippen LogP contribution is -2.09. The highest BCUT2D eigenvalue weighted by atomic mass is 32.1. The first kappa shape index (κ1) is 34.7. The summed E-state index contributed by atoms with van der Waals surface area (Å²) >= 11 is 3.57. The molecule has 13 aromatic rings. The van der Waals surface area contributed by atoms with Crippen LogP contribution in [0.3, 0.4) is 0 Å². The average molecular weight is 825 g/mol. The fourth-order valence-corrected chi connectivity index (χ4v) is 12.3. The van der Waals surface area contributed by atoms with Crippen molar-refractivity contribution < 1.29 is 0 Å². The Labute approximate surface area is 361 Å². The lowest BCUT2D eigenvalue weighted by Gasteiger charge is -2.25. The molecule has 0 saturated heterocycles. The third-order valence-electron chi connectivity index (χ3n) is 12.4. The van der Waals surface area contributed by atoms with Gasteiger partial charge in [-0.1, -0.05) is 121 Å². The second-order valence-electron chi connectivity index (χ2n) is 15.5. The number of benzene rings is 7. The molecule has 0 aliphatic carbocycles. The molecule has 0 aliphatic heterocycles. The van der Waals surface area contributed by atoms with Crippen molar-refractivity contribution in [1.29, 1.82) is 5.26 Å². The maximum atomic E-state index is 11.7. The summed E-state index contributed by atoms with van der Waals surface area (Å²) < 4.78 is 9.24. The normalized spacial score (nSPS) is 11.8. The van der Waals surface area contributed by atoms with Crippen molar-refractivity contribution >= 4 is 112 Å². The minimum Gasteiger partial charge on any atom is -0.316 e. The lowest BCUT2D eigenvalue weighted by atomic mass is 9.88. The number of rotatable bonds is 4. The van der Waals surface area contributed by atoms with Crippen molar-refractivity contribution in [3.63, 3.8) is 0 Å². The van der Waals surface area contributed by atoms with Crippen LogP contribution in [0.2, 0.25) is 0 Å². The van der Waals surface area contributed by atoms with E-state index in [2.05, 4.69) is 115 Å². The summed E-state index contributed by atoms with van der Waals surface area (Å²) in [6.07, 6.45) is 7.36. The summed E-state index contributed by atoms with van der Waals surface area (Å²) in [4.78, 5) is 13.9. The van der Waals surface area contributed by atoms with Gasteiger partial charge in [0.05, 0.1) is 67.4 Å². The van der Waals surface area contributed by atoms with Crippen LogP contribution >= 0.6 is 22.7 Å². The van der Waals surface area contributed by atoms with Gasteiger partial charge in [-0.3, -0.25) is 9.97 Å². The van der Waals surface area contributed by atoms with Gasteiger partial charge in [0.25, 0.3) is 0 Å². The molecule has 286 valence electrons. The Morgan fingerprint density at radius 3 is 1.48 bits per heavy atom. The third kappa shape index (κ3) is 4.65. The van der Waals surface area contributed by atoms with Crippen LogP contribution in [0, 0.1) is 17.9 Å². The van der Waals surface area contributed by atoms with Crippen LogP contribution in [0.1, 0.15) is 5.56 Å². The minimum atomic E-state index is 0.399. The second-order valence-corrected chi connectivity index (χ2v) is 17.6. The summed E-state index contributed by atoms with van der Waals surface area (Å²) in [5.74, 6) is 0. The molecule has 0 saturated carbocycles. The second kappa shape index (κ2) is 13.2. The van der Waals surface area contributed by atoms with Crippen molar-refractivity contribution in [2.45, 2.75) is 0 Å². The quantitative estimate of drug-likeness (QED) is 0.166. The van der Waals surface area contributed by atoms with E-state index in [9.17, 15) is 11.8 Å². The highest BCUT2D eigenvalue weighted by molar-refractivity contribution is 7.27. The van der Waals surface area contributed by atoms with Gasteiger partial charge in [-0.25, -0.2) is 4.85 Å². The molecule has 0 aliphatic rings. The van der Waals surface area contributed by atoms with Crippen LogP contribution < -0.4 is 0 Å². The molecule has 0 spiro atoms. The minimum absolute atomic E-state index is 0.399. The Kier molecular flexibility index (Phi) is 7.38. The summed E-state index contributed by atoms with van der Waals surface area (Å²) in [6.45, 7) is 9.31. The van der Waals surface area contributed by atoms with E-state index in [0.29, 0.717) is 22.5 Å². The van der Waals surface area contributed by atoms with E-state index in [1.807, 2.05) is 85.5 Å². The Balaban J connectivity index is 1.37. The fourth-order valence-electron chi connectivity index (χ4n) is 9.85. The third-order valence-corrected chi connectivity index (χ3v) is 14.8. The topological polar surface area (TPSA) is 63.8 Å². The van der Waals surface area contributed by atoms with Gasteiger partial charge in [0.2, 0.25) is 5.69 Å². The monoisotopic (exact) mass is 824 g/mol. The number of pyridine rings is 2. The number of fused-ring (bicyclic) bond motifs is 14. The van der Waals surface area contributed by atoms with E-state index in [0.717, 1.165) is 86.2 Å². The Hall–Kier alpha value is -8.14. The number of nitrogens with zero attached hydrogens (tertiary/aromatic N) is 6. The van der Waals surface area contributed by atoms with Crippen LogP contribution in [-0.4, -0.2) is 19.1 Å². The van der Waals surface area contributed by atoms with Gasteiger partial charge < -0.3 is 9.13 Å². The molecule has 13 rings (SSSR count). The Bertz CT molecular complexity index is 3940. The molecule has 0 amide bonds. The molecule has 0 atom stereocenters. The van der Waals surface area contributed by atoms with Crippen LogP contribution in [0.15, 0.2) is 170 Å². The lowest BCUT2D eigenvalue weighted by molar-refractivity contribution is 1.12. The molecule has 6 heterocycles. The summed E-state index contributed by atoms with van der Waals surface area (Å²) in [5, 5.41) is 20.6. The maximum Gasteiger partial charge on any atom is 0.220 e. The fraction of sp³-hybridized carbons (Fsp3) is 0.